The van der Waals surface area contributed by atoms with E-state index in [1.807, 2.05) is 0 Å². The number of nitrogen functional groups attached to an aromatic ring is 2. The predicted molar refractivity (Wildman–Crippen MR) is 279 cm³/mol. The monoisotopic (exact) mass is 1090 g/mol. The minimum atomic E-state index is -1.40. The highest BCUT2D eigenvalue weighted by Gasteiger charge is 2.22. The Morgan fingerprint density at radius 1 is 0.577 bits per heavy atom. The van der Waals surface area contributed by atoms with Crippen molar-refractivity contribution in [1.82, 2.24) is 50.5 Å². The second kappa shape index (κ2) is 29.7. The summed E-state index contributed by atoms with van der Waals surface area (Å²) in [4.78, 5) is 121. The number of carbonyl (C=O) groups is 6. The molecule has 14 N–H and O–H groups in total. The molecule has 6 aromatic rings. The van der Waals surface area contributed by atoms with Crippen molar-refractivity contribution in [2.24, 2.45) is 0 Å². The lowest BCUT2D eigenvalue weighted by atomic mass is 10.1. The number of likely N-dealkylation sites (N-methyl/N-ethyl adjacent to an activating group) is 2. The van der Waals surface area contributed by atoms with Crippen LogP contribution in [0.15, 0.2) is 70.5 Å². The number of amides is 2. The van der Waals surface area contributed by atoms with E-state index in [1.165, 1.54) is 36.7 Å². The molecule has 0 radical (unpaired) electrons. The fourth-order valence-electron chi connectivity index (χ4n) is 6.10. The van der Waals surface area contributed by atoms with Gasteiger partial charge >= 0.3 is 11.9 Å². The third kappa shape index (κ3) is 22.7. The maximum Gasteiger partial charge on any atom is 0.326 e. The molecular formula is C48H64N16O14. The van der Waals surface area contributed by atoms with Crippen molar-refractivity contribution in [3.8, 4) is 0 Å². The molecule has 0 fully saturated rings. The SMILES string of the molecule is C[N+](C)(C)CCO.C[N+](C)(C)CCO.Nc1nc2ncc(CNc3ccc(C(=O)N[C@@H](CCC(=O)[O-])C(=O)O)cc3)nc2c(=O)[nH]1.Nc1nc2ncc(CNc3ccc(C(=O)N[C@@H](CCC(=O)[O-])C(=O)O)cc3)nc2c(=O)[nH]1. The van der Waals surface area contributed by atoms with Crippen molar-refractivity contribution in [1.29, 1.82) is 0 Å². The number of nitrogens with two attached hydrogens (primary N) is 2. The molecule has 4 aromatic heterocycles. The summed E-state index contributed by atoms with van der Waals surface area (Å²) >= 11 is 0. The van der Waals surface area contributed by atoms with Crippen molar-refractivity contribution in [3.63, 3.8) is 0 Å². The van der Waals surface area contributed by atoms with E-state index in [1.54, 1.807) is 24.3 Å². The highest BCUT2D eigenvalue weighted by molar-refractivity contribution is 5.97. The number of anilines is 4. The second-order valence-electron chi connectivity index (χ2n) is 18.9. The van der Waals surface area contributed by atoms with Gasteiger partial charge in [-0.15, -0.1) is 0 Å². The van der Waals surface area contributed by atoms with E-state index in [0.29, 0.717) is 22.8 Å². The molecule has 30 nitrogen and oxygen atoms in total. The van der Waals surface area contributed by atoms with Crippen molar-refractivity contribution in [2.75, 3.05) is 90.7 Å². The number of rotatable bonds is 22. The first-order valence-electron chi connectivity index (χ1n) is 23.6. The highest BCUT2D eigenvalue weighted by Crippen LogP contribution is 2.14. The average Bonchev–Trinajstić information content (AvgIpc) is 3.35. The zero-order valence-electron chi connectivity index (χ0n) is 43.6. The Balaban J connectivity index is 0.000000329. The van der Waals surface area contributed by atoms with Crippen LogP contribution in [0.1, 0.15) is 57.8 Å². The number of quaternary nitrogens is 2. The highest BCUT2D eigenvalue weighted by atomic mass is 16.4. The van der Waals surface area contributed by atoms with E-state index < -0.39 is 71.7 Å². The largest absolute Gasteiger partial charge is 0.550 e. The first-order chi connectivity index (χ1) is 36.6. The van der Waals surface area contributed by atoms with Gasteiger partial charge in [-0.25, -0.2) is 29.5 Å². The van der Waals surface area contributed by atoms with Gasteiger partial charge in [-0.2, -0.15) is 9.97 Å². The maximum absolute atomic E-state index is 12.3. The molecule has 2 atom stereocenters. The number of aliphatic hydroxyl groups is 2. The van der Waals surface area contributed by atoms with E-state index in [4.69, 9.17) is 31.9 Å². The summed E-state index contributed by atoms with van der Waals surface area (Å²) in [5, 5.41) is 66.7. The normalized spacial score (nSPS) is 11.7. The number of aromatic amines is 2. The average molecular weight is 1090 g/mol. The van der Waals surface area contributed by atoms with Gasteiger partial charge in [0, 0.05) is 34.4 Å². The van der Waals surface area contributed by atoms with E-state index >= 15 is 0 Å². The molecule has 4 heterocycles. The molecule has 30 heteroatoms. The van der Waals surface area contributed by atoms with Crippen LogP contribution in [0.5, 0.6) is 0 Å². The van der Waals surface area contributed by atoms with Crippen LogP contribution in [0.2, 0.25) is 0 Å². The molecule has 0 aliphatic rings. The van der Waals surface area contributed by atoms with Crippen LogP contribution in [0.3, 0.4) is 0 Å². The summed E-state index contributed by atoms with van der Waals surface area (Å²) in [6.45, 7) is 2.68. The van der Waals surface area contributed by atoms with Gasteiger partial charge in [-0.1, -0.05) is 0 Å². The second-order valence-corrected chi connectivity index (χ2v) is 18.9. The van der Waals surface area contributed by atoms with Gasteiger partial charge in [0.05, 0.1) is 92.4 Å². The fourth-order valence-corrected chi connectivity index (χ4v) is 6.10. The standard InChI is InChI=1S/2C19H19N7O6.2C5H14NO/c2*20-19-25-15-14(17(30)26-19)23-11(8-22-15)7-21-10-3-1-9(2-4-10)16(29)24-12(18(31)32)5-6-13(27)28;2*1-6(2,3)4-5-7/h2*1-4,8,12,21H,5-7H2,(H,24,29)(H,27,28)(H,31,32)(H3,20,22,25,26,30);2*7H,4-5H2,1-3H3/q;;2*+1/p-2/t2*12-;;/m00../s1. The summed E-state index contributed by atoms with van der Waals surface area (Å²) in [6.07, 6.45) is 1.32. The van der Waals surface area contributed by atoms with Gasteiger partial charge in [-0.05, 0) is 74.2 Å². The molecule has 0 unspecified atom stereocenters. The summed E-state index contributed by atoms with van der Waals surface area (Å²) in [6, 6.07) is 9.56. The number of carboxylic acids is 4. The van der Waals surface area contributed by atoms with Gasteiger partial charge in [0.1, 0.15) is 25.2 Å². The van der Waals surface area contributed by atoms with Crippen LogP contribution in [0.25, 0.3) is 22.3 Å². The maximum atomic E-state index is 12.3. The van der Waals surface area contributed by atoms with Gasteiger partial charge in [0.15, 0.2) is 22.3 Å². The van der Waals surface area contributed by atoms with Crippen LogP contribution in [0, 0.1) is 0 Å². The number of hydrogen-bond donors (Lipinski definition) is 12. The number of carbonyl (C=O) groups excluding carboxylic acids is 4. The Bertz CT molecular complexity index is 2920. The summed E-state index contributed by atoms with van der Waals surface area (Å²) < 4.78 is 1.69. The lowest BCUT2D eigenvalue weighted by molar-refractivity contribution is -0.870. The fraction of sp³-hybridized carbons (Fsp3) is 0.375. The Morgan fingerprint density at radius 3 is 1.18 bits per heavy atom. The number of nitrogens with zero attached hydrogens (tertiary/aromatic N) is 8. The number of aromatic nitrogens is 8. The topological polar surface area (TPSA) is 473 Å². The molecular weight excluding hydrogens is 1020 g/mol. The molecule has 0 aliphatic heterocycles. The van der Waals surface area contributed by atoms with E-state index in [-0.39, 0.29) is 84.5 Å². The minimum Gasteiger partial charge on any atom is -0.550 e. The number of hydrogen-bond acceptors (Lipinski definition) is 22. The van der Waals surface area contributed by atoms with Crippen molar-refractivity contribution in [2.45, 2.75) is 50.9 Å². The Labute approximate surface area is 444 Å². The smallest absolute Gasteiger partial charge is 0.326 e. The van der Waals surface area contributed by atoms with E-state index in [9.17, 15) is 48.6 Å². The Hall–Kier alpha value is -9.26. The third-order valence-corrected chi connectivity index (χ3v) is 10.2. The predicted octanol–water partition coefficient (Wildman–Crippen LogP) is -3.39. The van der Waals surface area contributed by atoms with Crippen LogP contribution in [-0.4, -0.2) is 186 Å². The van der Waals surface area contributed by atoms with Crippen molar-refractivity contribution < 1.29 is 68.4 Å². The summed E-state index contributed by atoms with van der Waals surface area (Å²) in [7, 11) is 12.3. The number of H-pyrrole nitrogens is 2. The third-order valence-electron chi connectivity index (χ3n) is 10.2. The molecule has 0 saturated heterocycles. The summed E-state index contributed by atoms with van der Waals surface area (Å²) in [5.41, 5.74) is 12.9. The molecule has 420 valence electrons. The molecule has 78 heavy (non-hydrogen) atoms. The first-order valence-corrected chi connectivity index (χ1v) is 23.6. The molecule has 6 rings (SSSR count). The Kier molecular flexibility index (Phi) is 24.0. The van der Waals surface area contributed by atoms with Crippen molar-refractivity contribution >= 4 is 81.3 Å². The molecule has 2 amide bonds. The number of aliphatic carboxylic acids is 4. The van der Waals surface area contributed by atoms with Crippen LogP contribution < -0.4 is 54.1 Å². The van der Waals surface area contributed by atoms with Crippen LogP contribution in [-0.2, 0) is 32.3 Å². The zero-order chi connectivity index (χ0) is 58.3. The molecule has 0 saturated carbocycles. The van der Waals surface area contributed by atoms with E-state index in [0.717, 1.165) is 22.1 Å². The number of fused-ring (bicyclic) bond motifs is 2. The quantitative estimate of drug-likeness (QED) is 0.0295. The first kappa shape index (κ1) is 63.0. The lowest BCUT2D eigenvalue weighted by Gasteiger charge is -2.21. The minimum absolute atomic E-state index is 0.0529. The van der Waals surface area contributed by atoms with Crippen LogP contribution >= 0.6 is 0 Å². The van der Waals surface area contributed by atoms with Gasteiger partial charge in [0.25, 0.3) is 22.9 Å². The van der Waals surface area contributed by atoms with Gasteiger partial charge in [0.2, 0.25) is 11.9 Å². The zero-order valence-corrected chi connectivity index (χ0v) is 43.6. The van der Waals surface area contributed by atoms with Crippen LogP contribution in [0.4, 0.5) is 23.3 Å². The number of nitrogens with one attached hydrogen (secondary N) is 6. The summed E-state index contributed by atoms with van der Waals surface area (Å²) in [5.74, 6) is -6.91. The molecule has 0 aliphatic carbocycles. The van der Waals surface area contributed by atoms with Gasteiger partial charge < -0.3 is 81.9 Å². The molecule has 2 aromatic carbocycles. The number of aliphatic hydroxyl groups excluding tert-OH is 2. The van der Waals surface area contributed by atoms with Gasteiger partial charge in [-0.3, -0.25) is 29.1 Å². The van der Waals surface area contributed by atoms with Crippen molar-refractivity contribution in [3.05, 3.63) is 104 Å². The molecule has 0 bridgehead atoms. The molecule has 0 spiro atoms. The number of benzene rings is 2. The number of carboxylic acid groups (broad SMARTS) is 4. The Morgan fingerprint density at radius 2 is 0.910 bits per heavy atom. The van der Waals surface area contributed by atoms with E-state index in [2.05, 4.69) is 103 Å². The lowest BCUT2D eigenvalue weighted by Crippen LogP contribution is -2.41.